The molecule has 2 aromatic heterocycles. The molecule has 0 saturated heterocycles. The van der Waals surface area contributed by atoms with Gasteiger partial charge in [0.15, 0.2) is 5.78 Å². The molecule has 0 bridgehead atoms. The van der Waals surface area contributed by atoms with Crippen LogP contribution in [0.15, 0.2) is 65.3 Å². The van der Waals surface area contributed by atoms with Crippen molar-refractivity contribution in [3.05, 3.63) is 75.8 Å². The molecular formula is C20H12Cl2N2OS2. The number of carbonyl (C=O) groups is 1. The van der Waals surface area contributed by atoms with Gasteiger partial charge in [-0.1, -0.05) is 65.3 Å². The molecule has 0 radical (unpaired) electrons. The highest BCUT2D eigenvalue weighted by Gasteiger charge is 2.16. The molecule has 0 amide bonds. The first-order valence-electron chi connectivity index (χ1n) is 8.02. The molecule has 0 spiro atoms. The van der Waals surface area contributed by atoms with Crippen LogP contribution in [0.1, 0.15) is 10.4 Å². The highest BCUT2D eigenvalue weighted by molar-refractivity contribution is 8.00. The monoisotopic (exact) mass is 430 g/mol. The average Bonchev–Trinajstić information content (AvgIpc) is 3.11. The summed E-state index contributed by atoms with van der Waals surface area (Å²) < 4.78 is 0. The lowest BCUT2D eigenvalue weighted by Crippen LogP contribution is -2.03. The van der Waals surface area contributed by atoms with Gasteiger partial charge in [-0.05, 0) is 23.8 Å². The predicted octanol–water partition coefficient (Wildman–Crippen LogP) is 6.64. The van der Waals surface area contributed by atoms with Gasteiger partial charge < -0.3 is 0 Å². The van der Waals surface area contributed by atoms with Crippen LogP contribution in [0, 0.1) is 0 Å². The van der Waals surface area contributed by atoms with Crippen LogP contribution >= 0.6 is 46.3 Å². The quantitative estimate of drug-likeness (QED) is 0.202. The number of Topliss-reactive ketones (excluding diaryl/α,β-unsaturated/α-hetero) is 1. The third-order valence-corrected chi connectivity index (χ3v) is 6.42. The van der Waals surface area contributed by atoms with E-state index in [4.69, 9.17) is 23.2 Å². The minimum Gasteiger partial charge on any atom is -0.293 e. The average molecular weight is 431 g/mol. The molecule has 2 heterocycles. The van der Waals surface area contributed by atoms with E-state index >= 15 is 0 Å². The fraction of sp³-hybridized carbons (Fsp3) is 0.0500. The molecule has 0 atom stereocenters. The number of fused-ring (bicyclic) bond motifs is 1. The first kappa shape index (κ1) is 18.4. The van der Waals surface area contributed by atoms with Crippen LogP contribution in [-0.4, -0.2) is 21.5 Å². The zero-order chi connectivity index (χ0) is 18.8. The van der Waals surface area contributed by atoms with Crippen LogP contribution < -0.4 is 0 Å². The highest BCUT2D eigenvalue weighted by atomic mass is 35.5. The lowest BCUT2D eigenvalue weighted by molar-refractivity contribution is 0.102. The number of thioether (sulfide) groups is 1. The van der Waals surface area contributed by atoms with E-state index in [-0.39, 0.29) is 11.5 Å². The van der Waals surface area contributed by atoms with Gasteiger partial charge in [-0.2, -0.15) is 0 Å². The zero-order valence-electron chi connectivity index (χ0n) is 13.9. The minimum absolute atomic E-state index is 0.0649. The number of rotatable bonds is 5. The Morgan fingerprint density at radius 3 is 2.67 bits per heavy atom. The van der Waals surface area contributed by atoms with Crippen LogP contribution in [0.25, 0.3) is 21.3 Å². The van der Waals surface area contributed by atoms with Crippen molar-refractivity contribution in [2.45, 2.75) is 5.03 Å². The van der Waals surface area contributed by atoms with Crippen molar-refractivity contribution in [2.75, 3.05) is 5.75 Å². The fourth-order valence-electron chi connectivity index (χ4n) is 2.71. The van der Waals surface area contributed by atoms with Gasteiger partial charge in [0.25, 0.3) is 0 Å². The standard InChI is InChI=1S/C20H12Cl2N2OS2/c21-13-6-7-14(16(22)8-13)17(25)10-27-20-18-15(12-4-2-1-3-5-12)9-26-19(18)23-11-24-20/h1-9,11H,10H2. The fourth-order valence-corrected chi connectivity index (χ4v) is 5.10. The molecular weight excluding hydrogens is 419 g/mol. The van der Waals surface area contributed by atoms with E-state index < -0.39 is 0 Å². The van der Waals surface area contributed by atoms with Crippen LogP contribution in [0.3, 0.4) is 0 Å². The van der Waals surface area contributed by atoms with Crippen molar-refractivity contribution in [2.24, 2.45) is 0 Å². The molecule has 27 heavy (non-hydrogen) atoms. The van der Waals surface area contributed by atoms with Crippen molar-refractivity contribution in [3.8, 4) is 11.1 Å². The Hall–Kier alpha value is -1.92. The van der Waals surface area contributed by atoms with Crippen LogP contribution in [0.5, 0.6) is 0 Å². The summed E-state index contributed by atoms with van der Waals surface area (Å²) in [7, 11) is 0. The molecule has 3 nitrogen and oxygen atoms in total. The summed E-state index contributed by atoms with van der Waals surface area (Å²) in [5.41, 5.74) is 2.65. The van der Waals surface area contributed by atoms with E-state index in [1.165, 1.54) is 18.1 Å². The lowest BCUT2D eigenvalue weighted by Gasteiger charge is -2.06. The third-order valence-electron chi connectivity index (χ3n) is 3.99. The van der Waals surface area contributed by atoms with Crippen molar-refractivity contribution in [1.29, 1.82) is 0 Å². The molecule has 0 aliphatic heterocycles. The number of aromatic nitrogens is 2. The number of benzene rings is 2. The van der Waals surface area contributed by atoms with Crippen LogP contribution in [0.4, 0.5) is 0 Å². The van der Waals surface area contributed by atoms with E-state index in [1.807, 2.05) is 18.2 Å². The van der Waals surface area contributed by atoms with Gasteiger partial charge in [0.1, 0.15) is 16.2 Å². The second-order valence-electron chi connectivity index (χ2n) is 5.71. The van der Waals surface area contributed by atoms with Gasteiger partial charge in [0, 0.05) is 21.5 Å². The maximum atomic E-state index is 12.6. The molecule has 2 aromatic carbocycles. The Morgan fingerprint density at radius 1 is 1.07 bits per heavy atom. The molecule has 0 aliphatic carbocycles. The topological polar surface area (TPSA) is 42.9 Å². The molecule has 0 saturated carbocycles. The van der Waals surface area contributed by atoms with Gasteiger partial charge in [0.05, 0.1) is 16.2 Å². The summed E-state index contributed by atoms with van der Waals surface area (Å²) in [4.78, 5) is 22.3. The maximum Gasteiger partial charge on any atom is 0.174 e. The molecule has 134 valence electrons. The lowest BCUT2D eigenvalue weighted by atomic mass is 10.1. The Morgan fingerprint density at radius 2 is 1.89 bits per heavy atom. The van der Waals surface area contributed by atoms with Gasteiger partial charge in [-0.15, -0.1) is 11.3 Å². The highest BCUT2D eigenvalue weighted by Crippen LogP contribution is 2.38. The van der Waals surface area contributed by atoms with Crippen LogP contribution in [-0.2, 0) is 0 Å². The minimum atomic E-state index is -0.0649. The number of nitrogens with zero attached hydrogens (tertiary/aromatic N) is 2. The Labute approximate surface area is 174 Å². The Balaban J connectivity index is 1.64. The van der Waals surface area contributed by atoms with E-state index in [1.54, 1.807) is 29.5 Å². The van der Waals surface area contributed by atoms with Gasteiger partial charge >= 0.3 is 0 Å². The Bertz CT molecular complexity index is 1130. The van der Waals surface area contributed by atoms with E-state index in [9.17, 15) is 4.79 Å². The normalized spacial score (nSPS) is 11.0. The van der Waals surface area contributed by atoms with Crippen molar-refractivity contribution in [1.82, 2.24) is 9.97 Å². The van der Waals surface area contributed by atoms with Crippen molar-refractivity contribution >= 4 is 62.3 Å². The summed E-state index contributed by atoms with van der Waals surface area (Å²) in [5, 5.41) is 4.72. The Kier molecular flexibility index (Phi) is 5.45. The molecule has 0 N–H and O–H groups in total. The predicted molar refractivity (Wildman–Crippen MR) is 114 cm³/mol. The third kappa shape index (κ3) is 3.87. The van der Waals surface area contributed by atoms with Crippen molar-refractivity contribution < 1.29 is 4.79 Å². The van der Waals surface area contributed by atoms with Gasteiger partial charge in [-0.3, -0.25) is 4.79 Å². The molecule has 0 fully saturated rings. The summed E-state index contributed by atoms with van der Waals surface area (Å²) >= 11 is 15.0. The molecule has 7 heteroatoms. The van der Waals surface area contributed by atoms with Crippen molar-refractivity contribution in [3.63, 3.8) is 0 Å². The van der Waals surface area contributed by atoms with Crippen LogP contribution in [0.2, 0.25) is 10.0 Å². The number of hydrogen-bond acceptors (Lipinski definition) is 5. The second kappa shape index (κ2) is 7.98. The summed E-state index contributed by atoms with van der Waals surface area (Å²) in [6.07, 6.45) is 1.54. The number of ketones is 1. The first-order chi connectivity index (χ1) is 13.1. The summed E-state index contributed by atoms with van der Waals surface area (Å²) in [6.45, 7) is 0. The zero-order valence-corrected chi connectivity index (χ0v) is 17.0. The molecule has 0 aliphatic rings. The van der Waals surface area contributed by atoms with E-state index in [2.05, 4.69) is 27.5 Å². The number of halogens is 2. The largest absolute Gasteiger partial charge is 0.293 e. The summed E-state index contributed by atoms with van der Waals surface area (Å²) in [5.74, 6) is 0.169. The van der Waals surface area contributed by atoms with Gasteiger partial charge in [-0.25, -0.2) is 9.97 Å². The number of hydrogen-bond donors (Lipinski definition) is 0. The smallest absolute Gasteiger partial charge is 0.174 e. The molecule has 4 aromatic rings. The van der Waals surface area contributed by atoms with Gasteiger partial charge in [0.2, 0.25) is 0 Å². The number of carbonyl (C=O) groups excluding carboxylic acids is 1. The SMILES string of the molecule is O=C(CSc1ncnc2scc(-c3ccccc3)c12)c1ccc(Cl)cc1Cl. The second-order valence-corrected chi connectivity index (χ2v) is 8.38. The molecule has 4 rings (SSSR count). The first-order valence-corrected chi connectivity index (χ1v) is 10.6. The maximum absolute atomic E-state index is 12.6. The molecule has 0 unspecified atom stereocenters. The number of thiophene rings is 1. The summed E-state index contributed by atoms with van der Waals surface area (Å²) in [6, 6.07) is 15.0. The van der Waals surface area contributed by atoms with E-state index in [0.29, 0.717) is 15.6 Å². The van der Waals surface area contributed by atoms with E-state index in [0.717, 1.165) is 26.4 Å².